The summed E-state index contributed by atoms with van der Waals surface area (Å²) in [4.78, 5) is 12.8. The molecule has 0 aliphatic heterocycles. The van der Waals surface area contributed by atoms with Crippen molar-refractivity contribution in [2.45, 2.75) is 64.0 Å². The highest BCUT2D eigenvalue weighted by molar-refractivity contribution is 6.08. The first-order valence-electron chi connectivity index (χ1n) is 9.27. The summed E-state index contributed by atoms with van der Waals surface area (Å²) in [5.41, 5.74) is 1.36. The Bertz CT molecular complexity index is 779. The minimum atomic E-state index is -2.38. The lowest BCUT2D eigenvalue weighted by Crippen LogP contribution is -2.44. The van der Waals surface area contributed by atoms with Gasteiger partial charge in [-0.1, -0.05) is 31.4 Å². The molecule has 4 nitrogen and oxygen atoms in total. The fraction of sp³-hybridized carbons (Fsp3) is 0.550. The van der Waals surface area contributed by atoms with Crippen molar-refractivity contribution in [1.29, 1.82) is 0 Å². The smallest absolute Gasteiger partial charge is 0.253 e. The van der Waals surface area contributed by atoms with Crippen LogP contribution >= 0.6 is 0 Å². The summed E-state index contributed by atoms with van der Waals surface area (Å²) in [6, 6.07) is 5.62. The monoisotopic (exact) mass is 364 g/mol. The number of rotatable bonds is 6. The number of aromatic nitrogens is 1. The number of hydrogen-bond donors (Lipinski definition) is 2. The summed E-state index contributed by atoms with van der Waals surface area (Å²) >= 11 is 0. The number of benzene rings is 1. The van der Waals surface area contributed by atoms with Crippen molar-refractivity contribution < 1.29 is 18.7 Å². The maximum absolute atomic E-state index is 12.8. The molecule has 0 atom stereocenters. The SMILES string of the molecule is Cc1cccc2c1c(C(=O)NCC1(O)CCCCC1)cn2CCC(F)F. The van der Waals surface area contributed by atoms with Crippen LogP contribution in [-0.4, -0.2) is 34.2 Å². The number of alkyl halides is 2. The molecule has 142 valence electrons. The van der Waals surface area contributed by atoms with Crippen molar-refractivity contribution in [1.82, 2.24) is 9.88 Å². The molecule has 0 unspecified atom stereocenters. The summed E-state index contributed by atoms with van der Waals surface area (Å²) in [6.07, 6.45) is 3.48. The number of aryl methyl sites for hydroxylation is 2. The predicted octanol–water partition coefficient (Wildman–Crippen LogP) is 4.03. The van der Waals surface area contributed by atoms with Crippen molar-refractivity contribution in [3.8, 4) is 0 Å². The molecule has 1 aromatic heterocycles. The van der Waals surface area contributed by atoms with Crippen molar-refractivity contribution in [3.63, 3.8) is 0 Å². The van der Waals surface area contributed by atoms with Gasteiger partial charge in [0.1, 0.15) is 0 Å². The minimum Gasteiger partial charge on any atom is -0.388 e. The maximum Gasteiger partial charge on any atom is 0.253 e. The first-order chi connectivity index (χ1) is 12.4. The second-order valence-electron chi connectivity index (χ2n) is 7.35. The molecule has 0 radical (unpaired) electrons. The second kappa shape index (κ2) is 7.74. The van der Waals surface area contributed by atoms with Gasteiger partial charge in [0, 0.05) is 36.6 Å². The molecule has 2 aromatic rings. The van der Waals surface area contributed by atoms with Crippen molar-refractivity contribution in [2.24, 2.45) is 0 Å². The predicted molar refractivity (Wildman–Crippen MR) is 97.7 cm³/mol. The average Bonchev–Trinajstić information content (AvgIpc) is 2.99. The van der Waals surface area contributed by atoms with Gasteiger partial charge >= 0.3 is 0 Å². The van der Waals surface area contributed by atoms with Crippen LogP contribution in [0.2, 0.25) is 0 Å². The van der Waals surface area contributed by atoms with Gasteiger partial charge in [-0.05, 0) is 31.4 Å². The number of nitrogens with zero attached hydrogens (tertiary/aromatic N) is 1. The molecule has 26 heavy (non-hydrogen) atoms. The van der Waals surface area contributed by atoms with Gasteiger partial charge in [-0.3, -0.25) is 4.79 Å². The molecule has 0 bridgehead atoms. The number of fused-ring (bicyclic) bond motifs is 1. The van der Waals surface area contributed by atoms with Gasteiger partial charge in [0.25, 0.3) is 5.91 Å². The number of hydrogen-bond acceptors (Lipinski definition) is 2. The van der Waals surface area contributed by atoms with Gasteiger partial charge in [-0.25, -0.2) is 8.78 Å². The maximum atomic E-state index is 12.8. The van der Waals surface area contributed by atoms with Crippen molar-refractivity contribution >= 4 is 16.8 Å². The van der Waals surface area contributed by atoms with Crippen LogP contribution in [0.5, 0.6) is 0 Å². The number of nitrogens with one attached hydrogen (secondary N) is 1. The van der Waals surface area contributed by atoms with Crippen LogP contribution in [0, 0.1) is 6.92 Å². The van der Waals surface area contributed by atoms with Crippen LogP contribution in [0.4, 0.5) is 8.78 Å². The molecule has 6 heteroatoms. The molecule has 0 saturated heterocycles. The first-order valence-corrected chi connectivity index (χ1v) is 9.27. The van der Waals surface area contributed by atoms with E-state index < -0.39 is 12.0 Å². The van der Waals surface area contributed by atoms with Crippen LogP contribution < -0.4 is 5.32 Å². The van der Waals surface area contributed by atoms with Gasteiger partial charge in [0.15, 0.2) is 0 Å². The Morgan fingerprint density at radius 1 is 1.31 bits per heavy atom. The second-order valence-corrected chi connectivity index (χ2v) is 7.35. The number of halogens is 2. The van der Waals surface area contributed by atoms with E-state index in [9.17, 15) is 18.7 Å². The van der Waals surface area contributed by atoms with Gasteiger partial charge in [0.2, 0.25) is 6.43 Å². The Labute approximate surface area is 152 Å². The van der Waals surface area contributed by atoms with Gasteiger partial charge in [-0.15, -0.1) is 0 Å². The molecule has 1 aromatic carbocycles. The molecule has 1 fully saturated rings. The lowest BCUT2D eigenvalue weighted by molar-refractivity contribution is 0.00527. The van der Waals surface area contributed by atoms with Crippen LogP contribution in [0.15, 0.2) is 24.4 Å². The van der Waals surface area contributed by atoms with E-state index in [1.807, 2.05) is 25.1 Å². The van der Waals surface area contributed by atoms with E-state index in [1.54, 1.807) is 10.8 Å². The van der Waals surface area contributed by atoms with Gasteiger partial charge < -0.3 is 15.0 Å². The van der Waals surface area contributed by atoms with E-state index in [1.165, 1.54) is 0 Å². The Hall–Kier alpha value is -1.95. The molecule has 3 rings (SSSR count). The first kappa shape index (κ1) is 18.8. The van der Waals surface area contributed by atoms with E-state index in [-0.39, 0.29) is 25.4 Å². The Kier molecular flexibility index (Phi) is 5.61. The standard InChI is InChI=1S/C20H26F2N2O2/c1-14-6-5-7-16-18(14)15(12-24(16)11-8-17(21)22)19(25)23-13-20(26)9-3-2-4-10-20/h5-7,12,17,26H,2-4,8-11,13H2,1H3,(H,23,25). The third-order valence-corrected chi connectivity index (χ3v) is 5.31. The lowest BCUT2D eigenvalue weighted by Gasteiger charge is -2.32. The fourth-order valence-corrected chi connectivity index (χ4v) is 3.85. The molecule has 1 amide bonds. The van der Waals surface area contributed by atoms with E-state index in [0.717, 1.165) is 35.7 Å². The molecule has 1 aliphatic rings. The topological polar surface area (TPSA) is 54.3 Å². The van der Waals surface area contributed by atoms with Crippen LogP contribution in [0.3, 0.4) is 0 Å². The van der Waals surface area contributed by atoms with E-state index in [0.29, 0.717) is 18.4 Å². The van der Waals surface area contributed by atoms with Crippen LogP contribution in [0.1, 0.15) is 54.4 Å². The summed E-state index contributed by atoms with van der Waals surface area (Å²) < 4.78 is 26.9. The van der Waals surface area contributed by atoms with E-state index >= 15 is 0 Å². The Morgan fingerprint density at radius 2 is 2.04 bits per heavy atom. The quantitative estimate of drug-likeness (QED) is 0.813. The molecular weight excluding hydrogens is 338 g/mol. The largest absolute Gasteiger partial charge is 0.388 e. The lowest BCUT2D eigenvalue weighted by atomic mass is 9.85. The summed E-state index contributed by atoms with van der Waals surface area (Å²) in [6.45, 7) is 2.29. The van der Waals surface area contributed by atoms with Gasteiger partial charge in [0.05, 0.1) is 11.2 Å². The molecule has 1 aliphatic carbocycles. The highest BCUT2D eigenvalue weighted by Crippen LogP contribution is 2.28. The Balaban J connectivity index is 1.82. The van der Waals surface area contributed by atoms with E-state index in [4.69, 9.17) is 0 Å². The summed E-state index contributed by atoms with van der Waals surface area (Å²) in [5, 5.41) is 14.2. The molecule has 2 N–H and O–H groups in total. The zero-order valence-corrected chi connectivity index (χ0v) is 15.1. The zero-order valence-electron chi connectivity index (χ0n) is 15.1. The third-order valence-electron chi connectivity index (χ3n) is 5.31. The number of aliphatic hydroxyl groups is 1. The highest BCUT2D eigenvalue weighted by atomic mass is 19.3. The zero-order chi connectivity index (χ0) is 18.7. The van der Waals surface area contributed by atoms with Crippen molar-refractivity contribution in [2.75, 3.05) is 6.54 Å². The number of amides is 1. The van der Waals surface area contributed by atoms with Crippen molar-refractivity contribution in [3.05, 3.63) is 35.5 Å². The Morgan fingerprint density at radius 3 is 2.73 bits per heavy atom. The number of carbonyl (C=O) groups excluding carboxylic acids is 1. The summed E-state index contributed by atoms with van der Waals surface area (Å²) in [7, 11) is 0. The third kappa shape index (κ3) is 4.06. The normalized spacial score (nSPS) is 17.0. The summed E-state index contributed by atoms with van der Waals surface area (Å²) in [5.74, 6) is -0.265. The van der Waals surface area contributed by atoms with Crippen LogP contribution in [0.25, 0.3) is 10.9 Å². The number of carbonyl (C=O) groups is 1. The fourth-order valence-electron chi connectivity index (χ4n) is 3.85. The van der Waals surface area contributed by atoms with Gasteiger partial charge in [-0.2, -0.15) is 0 Å². The molecule has 1 saturated carbocycles. The molecule has 0 spiro atoms. The molecular formula is C20H26F2N2O2. The average molecular weight is 364 g/mol. The van der Waals surface area contributed by atoms with Crippen LogP contribution in [-0.2, 0) is 6.54 Å². The molecule has 1 heterocycles. The van der Waals surface area contributed by atoms with E-state index in [2.05, 4.69) is 5.32 Å². The highest BCUT2D eigenvalue weighted by Gasteiger charge is 2.30. The minimum absolute atomic E-state index is 0.162.